The van der Waals surface area contributed by atoms with Crippen LogP contribution in [-0.2, 0) is 21.7 Å². The van der Waals surface area contributed by atoms with Gasteiger partial charge in [0.25, 0.3) is 0 Å². The topological polar surface area (TPSA) is 3.24 Å². The van der Waals surface area contributed by atoms with Gasteiger partial charge in [0.15, 0.2) is 0 Å². The van der Waals surface area contributed by atoms with Gasteiger partial charge in [-0.25, -0.2) is 0 Å². The summed E-state index contributed by atoms with van der Waals surface area (Å²) >= 11 is 0. The molecule has 0 fully saturated rings. The Morgan fingerprint density at radius 3 is 1.44 bits per heavy atom. The predicted octanol–water partition coefficient (Wildman–Crippen LogP) is 16.4. The molecule has 0 amide bonds. The largest absolute Gasteiger partial charge is 0.310 e. The molecule has 8 aromatic carbocycles. The minimum absolute atomic E-state index is 0.0454. The van der Waals surface area contributed by atoms with E-state index >= 15 is 0 Å². The number of aryl methyl sites for hydroxylation is 1. The smallest absolute Gasteiger partial charge is 0.0726 e. The van der Waals surface area contributed by atoms with E-state index < -0.39 is 12.3 Å². The van der Waals surface area contributed by atoms with Crippen LogP contribution < -0.4 is 4.90 Å². The Morgan fingerprint density at radius 1 is 0.387 bits per heavy atom. The Balaban J connectivity index is 1.19. The van der Waals surface area contributed by atoms with Gasteiger partial charge in [-0.1, -0.05) is 194 Å². The molecule has 11 rings (SSSR count). The van der Waals surface area contributed by atoms with Crippen LogP contribution in [0.25, 0.3) is 44.5 Å². The standard InChI is InChI=1S/C61H55N/c1-38-16-14-17-39(32-38)40-18-15-19-43(33-40)62(44-26-30-48-46-20-10-12-22-52(46)60(8,9)54(48)36-44)45-27-31-51-47-21-11-13-23-53(47)61(57(51)37-45)55-34-41(58(2,3)4)24-28-49(55)50-29-25-42(35-56(50)61)59(5,6)7/h10-37H,1-9H3/i1D3. The van der Waals surface area contributed by atoms with Crippen LogP contribution in [0.2, 0.25) is 0 Å². The summed E-state index contributed by atoms with van der Waals surface area (Å²) in [6, 6.07) is 62.5. The maximum Gasteiger partial charge on any atom is 0.0726 e. The number of hydrogen-bond acceptors (Lipinski definition) is 1. The molecular formula is C61H55N. The van der Waals surface area contributed by atoms with Gasteiger partial charge in [0, 0.05) is 26.6 Å². The van der Waals surface area contributed by atoms with Crippen molar-refractivity contribution < 1.29 is 4.11 Å². The Morgan fingerprint density at radius 2 is 0.839 bits per heavy atom. The molecule has 0 radical (unpaired) electrons. The van der Waals surface area contributed by atoms with Crippen molar-refractivity contribution >= 4 is 17.1 Å². The summed E-state index contributed by atoms with van der Waals surface area (Å²) in [5.41, 5.74) is 22.7. The van der Waals surface area contributed by atoms with Crippen LogP contribution in [0.1, 0.15) is 110 Å². The first-order valence-corrected chi connectivity index (χ1v) is 22.2. The van der Waals surface area contributed by atoms with Gasteiger partial charge in [0.1, 0.15) is 0 Å². The second-order valence-electron chi connectivity index (χ2n) is 20.4. The fourth-order valence-electron chi connectivity index (χ4n) is 11.0. The van der Waals surface area contributed by atoms with Gasteiger partial charge in [0.2, 0.25) is 0 Å². The van der Waals surface area contributed by atoms with E-state index in [2.05, 4.69) is 206 Å². The number of nitrogens with zero attached hydrogens (tertiary/aromatic N) is 1. The summed E-state index contributed by atoms with van der Waals surface area (Å²) in [6.45, 7) is 16.4. The van der Waals surface area contributed by atoms with E-state index in [-0.39, 0.29) is 16.2 Å². The van der Waals surface area contributed by atoms with Gasteiger partial charge < -0.3 is 4.90 Å². The summed E-state index contributed by atoms with van der Waals surface area (Å²) < 4.78 is 24.6. The van der Waals surface area contributed by atoms with E-state index in [0.717, 1.165) is 28.2 Å². The van der Waals surface area contributed by atoms with Crippen molar-refractivity contribution in [3.63, 3.8) is 0 Å². The normalized spacial score (nSPS) is 15.7. The molecule has 3 aliphatic carbocycles. The van der Waals surface area contributed by atoms with Gasteiger partial charge in [-0.3, -0.25) is 0 Å². The zero-order valence-corrected chi connectivity index (χ0v) is 37.1. The van der Waals surface area contributed by atoms with Crippen molar-refractivity contribution in [3.8, 4) is 44.5 Å². The number of rotatable bonds is 4. The van der Waals surface area contributed by atoms with Gasteiger partial charge in [0.05, 0.1) is 5.41 Å². The summed E-state index contributed by atoms with van der Waals surface area (Å²) in [5, 5.41) is 0. The fourth-order valence-corrected chi connectivity index (χ4v) is 11.0. The lowest BCUT2D eigenvalue weighted by Gasteiger charge is -2.34. The number of fused-ring (bicyclic) bond motifs is 13. The first-order chi connectivity index (χ1) is 30.9. The molecule has 0 heterocycles. The van der Waals surface area contributed by atoms with E-state index in [9.17, 15) is 0 Å². The third-order valence-corrected chi connectivity index (χ3v) is 14.3. The highest BCUT2D eigenvalue weighted by molar-refractivity contribution is 5.97. The first-order valence-electron chi connectivity index (χ1n) is 23.7. The molecule has 1 nitrogen and oxygen atoms in total. The lowest BCUT2D eigenvalue weighted by molar-refractivity contribution is 0.586. The van der Waals surface area contributed by atoms with Crippen LogP contribution in [0.4, 0.5) is 17.1 Å². The van der Waals surface area contributed by atoms with Crippen molar-refractivity contribution in [1.82, 2.24) is 0 Å². The summed E-state index contributed by atoms with van der Waals surface area (Å²) in [5.74, 6) is 0. The van der Waals surface area contributed by atoms with Crippen LogP contribution in [0.5, 0.6) is 0 Å². The minimum atomic E-state index is -2.20. The average Bonchev–Trinajstić information content (AvgIpc) is 3.83. The Bertz CT molecular complexity index is 3200. The molecule has 0 aliphatic heterocycles. The van der Waals surface area contributed by atoms with Gasteiger partial charge >= 0.3 is 0 Å². The van der Waals surface area contributed by atoms with Crippen LogP contribution in [0, 0.1) is 6.85 Å². The second kappa shape index (κ2) is 13.3. The fraction of sp³-hybridized carbons (Fsp3) is 0.213. The lowest BCUT2D eigenvalue weighted by atomic mass is 9.68. The van der Waals surface area contributed by atoms with Crippen molar-refractivity contribution in [1.29, 1.82) is 0 Å². The Kier molecular flexibility index (Phi) is 7.54. The molecule has 62 heavy (non-hydrogen) atoms. The van der Waals surface area contributed by atoms with Crippen LogP contribution >= 0.6 is 0 Å². The third kappa shape index (κ3) is 5.53. The van der Waals surface area contributed by atoms with E-state index in [4.69, 9.17) is 4.11 Å². The third-order valence-electron chi connectivity index (χ3n) is 14.3. The molecule has 0 saturated carbocycles. The van der Waals surface area contributed by atoms with Crippen molar-refractivity contribution in [2.24, 2.45) is 0 Å². The molecule has 0 atom stereocenters. The minimum Gasteiger partial charge on any atom is -0.310 e. The zero-order chi connectivity index (χ0) is 45.4. The maximum atomic E-state index is 8.19. The Labute approximate surface area is 373 Å². The monoisotopic (exact) mass is 804 g/mol. The van der Waals surface area contributed by atoms with Crippen molar-refractivity contribution in [2.75, 3.05) is 4.90 Å². The quantitative estimate of drug-likeness (QED) is 0.171. The van der Waals surface area contributed by atoms with Crippen LogP contribution in [0.15, 0.2) is 170 Å². The van der Waals surface area contributed by atoms with E-state index in [0.29, 0.717) is 5.56 Å². The molecule has 0 unspecified atom stereocenters. The summed E-state index contributed by atoms with van der Waals surface area (Å²) in [7, 11) is 0. The number of hydrogen-bond donors (Lipinski definition) is 0. The Hall–Kier alpha value is -6.44. The van der Waals surface area contributed by atoms with E-state index in [1.807, 2.05) is 18.2 Å². The van der Waals surface area contributed by atoms with Crippen molar-refractivity contribution in [2.45, 2.75) is 83.9 Å². The van der Waals surface area contributed by atoms with Gasteiger partial charge in [-0.15, -0.1) is 0 Å². The molecule has 1 spiro atoms. The summed E-state index contributed by atoms with van der Waals surface area (Å²) in [4.78, 5) is 2.42. The van der Waals surface area contributed by atoms with Gasteiger partial charge in [-0.05, 0) is 143 Å². The lowest BCUT2D eigenvalue weighted by Crippen LogP contribution is -2.27. The summed E-state index contributed by atoms with van der Waals surface area (Å²) in [6.07, 6.45) is 0. The maximum absolute atomic E-state index is 8.19. The second-order valence-corrected chi connectivity index (χ2v) is 20.4. The molecular weight excluding hydrogens is 747 g/mol. The molecule has 0 N–H and O–H groups in total. The molecule has 304 valence electrons. The van der Waals surface area contributed by atoms with Crippen LogP contribution in [0.3, 0.4) is 0 Å². The SMILES string of the molecule is [2H]C([2H])([2H])c1cccc(-c2cccc(N(c3ccc4c(c3)C(C)(C)c3ccccc3-4)c3ccc4c(c3)C3(c5ccccc5-4)c4cc(C(C)(C)C)ccc4-c4ccc(C(C)(C)C)cc43)c2)c1. The highest BCUT2D eigenvalue weighted by Gasteiger charge is 2.52. The molecule has 0 aromatic heterocycles. The van der Waals surface area contributed by atoms with Crippen LogP contribution in [-0.4, -0.2) is 0 Å². The number of anilines is 3. The van der Waals surface area contributed by atoms with Crippen molar-refractivity contribution in [3.05, 3.63) is 220 Å². The van der Waals surface area contributed by atoms with Gasteiger partial charge in [-0.2, -0.15) is 0 Å². The highest BCUT2D eigenvalue weighted by atomic mass is 15.1. The van der Waals surface area contributed by atoms with E-state index in [1.165, 1.54) is 77.9 Å². The average molecular weight is 805 g/mol. The molecule has 0 saturated heterocycles. The molecule has 3 aliphatic rings. The molecule has 1 heteroatoms. The van der Waals surface area contributed by atoms with E-state index in [1.54, 1.807) is 6.07 Å². The highest BCUT2D eigenvalue weighted by Crippen LogP contribution is 2.64. The zero-order valence-electron chi connectivity index (χ0n) is 40.1. The molecule has 0 bridgehead atoms. The first kappa shape index (κ1) is 35.2. The predicted molar refractivity (Wildman–Crippen MR) is 263 cm³/mol. The number of benzene rings is 8. The molecule has 8 aromatic rings.